The van der Waals surface area contributed by atoms with Gasteiger partial charge in [-0.2, -0.15) is 0 Å². The highest BCUT2D eigenvalue weighted by Gasteiger charge is 2.48. The van der Waals surface area contributed by atoms with Gasteiger partial charge in [0.15, 0.2) is 11.5 Å². The van der Waals surface area contributed by atoms with E-state index in [-0.39, 0.29) is 18.1 Å². The molecule has 1 aliphatic rings. The normalized spacial score (nSPS) is 22.5. The molecular formula is C17H18ClN3O6. The maximum Gasteiger partial charge on any atom is 0.408 e. The van der Waals surface area contributed by atoms with Crippen LogP contribution in [0.5, 0.6) is 11.5 Å². The van der Waals surface area contributed by atoms with Gasteiger partial charge in [-0.15, -0.1) is 0 Å². The lowest BCUT2D eigenvalue weighted by atomic mass is 9.87. The molecule has 0 aliphatic carbocycles. The van der Waals surface area contributed by atoms with Crippen LogP contribution in [0, 0.1) is 0 Å². The quantitative estimate of drug-likeness (QED) is 0.757. The van der Waals surface area contributed by atoms with E-state index in [2.05, 4.69) is 9.97 Å². The molecule has 0 saturated carbocycles. The molecule has 2 N–H and O–H groups in total. The number of halogens is 1. The van der Waals surface area contributed by atoms with Crippen LogP contribution in [0.1, 0.15) is 19.8 Å². The Hall–Kier alpha value is -2.81. The number of carboxylic acids is 1. The van der Waals surface area contributed by atoms with Gasteiger partial charge in [-0.3, -0.25) is 4.90 Å². The summed E-state index contributed by atoms with van der Waals surface area (Å²) in [5.74, 6) is -0.446. The summed E-state index contributed by atoms with van der Waals surface area (Å²) >= 11 is 6.11. The van der Waals surface area contributed by atoms with E-state index in [1.807, 2.05) is 0 Å². The van der Waals surface area contributed by atoms with Crippen LogP contribution in [0.2, 0.25) is 5.15 Å². The number of aliphatic carboxylic acids is 1. The average molecular weight is 396 g/mol. The zero-order valence-corrected chi connectivity index (χ0v) is 15.4. The molecule has 144 valence electrons. The lowest BCUT2D eigenvalue weighted by molar-refractivity contribution is -0.153. The van der Waals surface area contributed by atoms with Gasteiger partial charge in [-0.1, -0.05) is 11.6 Å². The summed E-state index contributed by atoms with van der Waals surface area (Å²) in [6, 6.07) is 3.29. The molecular weight excluding hydrogens is 378 g/mol. The van der Waals surface area contributed by atoms with Crippen molar-refractivity contribution in [1.82, 2.24) is 14.9 Å². The molecule has 2 atom stereocenters. The number of methoxy groups -OCH3 is 1. The third-order valence-electron chi connectivity index (χ3n) is 4.75. The van der Waals surface area contributed by atoms with Crippen LogP contribution in [0.25, 0.3) is 10.9 Å². The van der Waals surface area contributed by atoms with Crippen LogP contribution in [-0.4, -0.2) is 62.4 Å². The Balaban J connectivity index is 1.92. The van der Waals surface area contributed by atoms with E-state index in [4.69, 9.17) is 21.1 Å². The van der Waals surface area contributed by atoms with Crippen molar-refractivity contribution in [3.63, 3.8) is 0 Å². The Morgan fingerprint density at radius 1 is 1.30 bits per heavy atom. The Morgan fingerprint density at radius 3 is 2.67 bits per heavy atom. The number of rotatable bonds is 4. The lowest BCUT2D eigenvalue weighted by Gasteiger charge is -2.42. The summed E-state index contributed by atoms with van der Waals surface area (Å²) in [5.41, 5.74) is -1.00. The third-order valence-corrected chi connectivity index (χ3v) is 5.05. The molecule has 0 radical (unpaired) electrons. The predicted octanol–water partition coefficient (Wildman–Crippen LogP) is 2.66. The van der Waals surface area contributed by atoms with Gasteiger partial charge in [0.25, 0.3) is 0 Å². The van der Waals surface area contributed by atoms with E-state index in [9.17, 15) is 19.8 Å². The van der Waals surface area contributed by atoms with E-state index in [0.29, 0.717) is 28.8 Å². The number of likely N-dealkylation sites (tertiary alicyclic amines) is 1. The first-order chi connectivity index (χ1) is 12.8. The van der Waals surface area contributed by atoms with Crippen molar-refractivity contribution >= 4 is 34.6 Å². The maximum atomic E-state index is 11.7. The highest BCUT2D eigenvalue weighted by atomic mass is 35.5. The average Bonchev–Trinajstić information content (AvgIpc) is 2.61. The number of ether oxygens (including phenoxy) is 2. The lowest BCUT2D eigenvalue weighted by Crippen LogP contribution is -2.60. The zero-order valence-electron chi connectivity index (χ0n) is 14.7. The number of carbonyl (C=O) groups is 2. The van der Waals surface area contributed by atoms with E-state index in [1.165, 1.54) is 20.4 Å². The van der Waals surface area contributed by atoms with Crippen molar-refractivity contribution in [3.8, 4) is 11.5 Å². The van der Waals surface area contributed by atoms with Crippen LogP contribution >= 0.6 is 11.6 Å². The second-order valence-electron chi connectivity index (χ2n) is 6.43. The summed E-state index contributed by atoms with van der Waals surface area (Å²) in [6.07, 6.45) is -0.114. The summed E-state index contributed by atoms with van der Waals surface area (Å²) in [6.45, 7) is 1.42. The van der Waals surface area contributed by atoms with Gasteiger partial charge in [-0.25, -0.2) is 19.6 Å². The zero-order chi connectivity index (χ0) is 19.8. The molecule has 10 heteroatoms. The number of nitrogens with zero attached hydrogens (tertiary/aromatic N) is 3. The Kier molecular flexibility index (Phi) is 4.97. The Labute approximate surface area is 159 Å². The largest absolute Gasteiger partial charge is 0.493 e. The molecule has 2 aromatic rings. The summed E-state index contributed by atoms with van der Waals surface area (Å²) < 4.78 is 11.3. The number of hydrogen-bond acceptors (Lipinski definition) is 6. The molecule has 1 fully saturated rings. The molecule has 1 aliphatic heterocycles. The topological polar surface area (TPSA) is 122 Å². The first kappa shape index (κ1) is 19.0. The van der Waals surface area contributed by atoms with Crippen molar-refractivity contribution in [1.29, 1.82) is 0 Å². The second-order valence-corrected chi connectivity index (χ2v) is 6.79. The molecule has 1 aromatic carbocycles. The molecule has 1 aromatic heterocycles. The fourth-order valence-corrected chi connectivity index (χ4v) is 3.44. The van der Waals surface area contributed by atoms with Crippen molar-refractivity contribution in [2.24, 2.45) is 0 Å². The smallest absolute Gasteiger partial charge is 0.408 e. The number of piperidine rings is 1. The molecule has 1 amide bonds. The molecule has 0 bridgehead atoms. The van der Waals surface area contributed by atoms with Crippen molar-refractivity contribution in [2.75, 3.05) is 13.7 Å². The number of amides is 1. The fourth-order valence-electron chi connectivity index (χ4n) is 3.25. The molecule has 27 heavy (non-hydrogen) atoms. The van der Waals surface area contributed by atoms with E-state index >= 15 is 0 Å². The van der Waals surface area contributed by atoms with Gasteiger partial charge in [-0.05, 0) is 13.0 Å². The number of carboxylic acid groups (broad SMARTS) is 2. The van der Waals surface area contributed by atoms with E-state index in [0.717, 1.165) is 4.90 Å². The van der Waals surface area contributed by atoms with Gasteiger partial charge in [0.05, 0.1) is 12.6 Å². The first-order valence-electron chi connectivity index (χ1n) is 8.15. The van der Waals surface area contributed by atoms with Crippen LogP contribution in [0.3, 0.4) is 0 Å². The van der Waals surface area contributed by atoms with Crippen LogP contribution in [0.15, 0.2) is 18.5 Å². The minimum absolute atomic E-state index is 0.00511. The van der Waals surface area contributed by atoms with E-state index in [1.54, 1.807) is 12.1 Å². The molecule has 9 nitrogen and oxygen atoms in total. The number of hydrogen-bond donors (Lipinski definition) is 2. The third kappa shape index (κ3) is 3.42. The summed E-state index contributed by atoms with van der Waals surface area (Å²) in [4.78, 5) is 32.1. The van der Waals surface area contributed by atoms with Crippen LogP contribution in [-0.2, 0) is 4.79 Å². The minimum Gasteiger partial charge on any atom is -0.493 e. The Bertz CT molecular complexity index is 908. The van der Waals surface area contributed by atoms with E-state index < -0.39 is 23.7 Å². The van der Waals surface area contributed by atoms with Crippen LogP contribution in [0.4, 0.5) is 4.79 Å². The highest BCUT2D eigenvalue weighted by Crippen LogP contribution is 2.37. The molecule has 2 heterocycles. The maximum absolute atomic E-state index is 11.7. The van der Waals surface area contributed by atoms with Gasteiger partial charge in [0.1, 0.15) is 23.1 Å². The summed E-state index contributed by atoms with van der Waals surface area (Å²) in [5, 5.41) is 19.7. The predicted molar refractivity (Wildman–Crippen MR) is 95.5 cm³/mol. The SMILES string of the molecule is COc1cc2ncnc(Cl)c2cc1O[C@@H]1CCN(C(=O)O)[C@](C)(C(=O)O)C1. The highest BCUT2D eigenvalue weighted by molar-refractivity contribution is 6.34. The molecule has 1 saturated heterocycles. The second kappa shape index (κ2) is 7.07. The number of aromatic nitrogens is 2. The monoisotopic (exact) mass is 395 g/mol. The number of fused-ring (bicyclic) bond motifs is 1. The van der Waals surface area contributed by atoms with Crippen molar-refractivity contribution < 1.29 is 29.3 Å². The molecule has 0 unspecified atom stereocenters. The van der Waals surface area contributed by atoms with Crippen molar-refractivity contribution in [3.05, 3.63) is 23.6 Å². The minimum atomic E-state index is -1.58. The van der Waals surface area contributed by atoms with Gasteiger partial charge < -0.3 is 19.7 Å². The number of benzene rings is 1. The van der Waals surface area contributed by atoms with Crippen molar-refractivity contribution in [2.45, 2.75) is 31.4 Å². The van der Waals surface area contributed by atoms with Gasteiger partial charge >= 0.3 is 12.1 Å². The Morgan fingerprint density at radius 2 is 2.04 bits per heavy atom. The van der Waals surface area contributed by atoms with Gasteiger partial charge in [0, 0.05) is 30.8 Å². The molecule has 3 rings (SSSR count). The first-order valence-corrected chi connectivity index (χ1v) is 8.53. The van der Waals surface area contributed by atoms with Gasteiger partial charge in [0.2, 0.25) is 0 Å². The summed E-state index contributed by atoms with van der Waals surface area (Å²) in [7, 11) is 1.48. The van der Waals surface area contributed by atoms with Crippen LogP contribution < -0.4 is 9.47 Å². The molecule has 0 spiro atoms. The fraction of sp³-hybridized carbons (Fsp3) is 0.412. The standard InChI is InChI=1S/C17H18ClN3O6/c1-17(15(22)23)7-9(3-4-21(17)16(24)25)27-13-5-10-11(6-12(13)26-2)19-8-20-14(10)18/h5-6,8-9H,3-4,7H2,1-2H3,(H,22,23)(H,24,25)/t9-,17+/m1/s1.